The minimum absolute atomic E-state index is 0.380. The highest BCUT2D eigenvalue weighted by Gasteiger charge is 2.35. The number of nitrogens with zero attached hydrogens (tertiary/aromatic N) is 2. The summed E-state index contributed by atoms with van der Waals surface area (Å²) < 4.78 is 0. The average molecular weight is 464 g/mol. The van der Waals surface area contributed by atoms with Crippen molar-refractivity contribution in [2.75, 3.05) is 0 Å². The van der Waals surface area contributed by atoms with E-state index in [1.165, 1.54) is 31.2 Å². The Morgan fingerprint density at radius 2 is 1.76 bits per heavy atom. The molecule has 1 saturated carbocycles. The second-order valence-corrected chi connectivity index (χ2v) is 11.4. The highest BCUT2D eigenvalue weighted by atomic mass is 35.5. The molecule has 0 spiro atoms. The van der Waals surface area contributed by atoms with Crippen molar-refractivity contribution in [1.82, 2.24) is 15.0 Å². The van der Waals surface area contributed by atoms with Gasteiger partial charge in [0.05, 0.1) is 5.02 Å². The highest BCUT2D eigenvalue weighted by Crippen LogP contribution is 2.47. The molecule has 1 aromatic heterocycles. The lowest BCUT2D eigenvalue weighted by Gasteiger charge is -2.42. The number of hydrogen-bond acceptors (Lipinski definition) is 3. The lowest BCUT2D eigenvalue weighted by Crippen LogP contribution is -2.31. The lowest BCUT2D eigenvalue weighted by atomic mass is 9.63. The van der Waals surface area contributed by atoms with Crippen molar-refractivity contribution in [3.8, 4) is 22.8 Å². The van der Waals surface area contributed by atoms with Crippen LogP contribution in [0.1, 0.15) is 65.4 Å². The number of hydrogen-bond donors (Lipinski definition) is 1. The second kappa shape index (κ2) is 9.42. The number of aryl methyl sites for hydroxylation is 1. The molecule has 0 atom stereocenters. The zero-order chi connectivity index (χ0) is 23.6. The van der Waals surface area contributed by atoms with Gasteiger partial charge in [0.15, 0.2) is 5.82 Å². The first-order valence-electron chi connectivity index (χ1n) is 12.0. The third-order valence-electron chi connectivity index (χ3n) is 7.40. The van der Waals surface area contributed by atoms with E-state index < -0.39 is 5.69 Å². The van der Waals surface area contributed by atoms with Crippen molar-refractivity contribution in [2.24, 2.45) is 16.7 Å². The number of H-pyrrole nitrogens is 1. The fourth-order valence-corrected chi connectivity index (χ4v) is 5.22. The van der Waals surface area contributed by atoms with Crippen LogP contribution in [0.15, 0.2) is 53.3 Å². The Morgan fingerprint density at radius 3 is 2.42 bits per heavy atom. The number of nitrogens with one attached hydrogen (secondary N) is 1. The van der Waals surface area contributed by atoms with Gasteiger partial charge < -0.3 is 0 Å². The Morgan fingerprint density at radius 1 is 1.06 bits per heavy atom. The smallest absolute Gasteiger partial charge is 0.290 e. The Hall–Kier alpha value is -2.46. The molecule has 1 N–H and O–H groups in total. The van der Waals surface area contributed by atoms with Gasteiger partial charge in [-0.2, -0.15) is 4.98 Å². The summed E-state index contributed by atoms with van der Waals surface area (Å²) >= 11 is 6.53. The van der Waals surface area contributed by atoms with E-state index in [2.05, 4.69) is 54.8 Å². The third-order valence-corrected chi connectivity index (χ3v) is 7.73. The first-order chi connectivity index (χ1) is 15.6. The van der Waals surface area contributed by atoms with Crippen LogP contribution in [-0.4, -0.2) is 15.0 Å². The molecule has 0 unspecified atom stereocenters. The van der Waals surface area contributed by atoms with Gasteiger partial charge in [-0.25, -0.2) is 9.78 Å². The Bertz CT molecular complexity index is 1160. The summed E-state index contributed by atoms with van der Waals surface area (Å²) in [5.41, 5.74) is 3.12. The molecule has 1 fully saturated rings. The first-order valence-corrected chi connectivity index (χ1v) is 12.3. The van der Waals surface area contributed by atoms with E-state index in [0.717, 1.165) is 29.9 Å². The standard InChI is InChI=1S/C28H34ClN3O/c1-27(2,3)21-13-16-28(4,17-14-21)15-12-19-10-11-23(29)22(18-19)25-30-24(31-26(33)32-25)20-8-6-5-7-9-20/h5-11,18,21H,12-17H2,1-4H3,(H,30,31,32,33). The molecular weight excluding hydrogens is 430 g/mol. The van der Waals surface area contributed by atoms with Gasteiger partial charge >= 0.3 is 5.69 Å². The quantitative estimate of drug-likeness (QED) is 0.431. The van der Waals surface area contributed by atoms with Gasteiger partial charge in [0.25, 0.3) is 0 Å². The Labute approximate surface area is 201 Å². The zero-order valence-corrected chi connectivity index (χ0v) is 20.9. The van der Waals surface area contributed by atoms with E-state index >= 15 is 0 Å². The summed E-state index contributed by atoms with van der Waals surface area (Å²) in [5.74, 6) is 1.68. The van der Waals surface area contributed by atoms with E-state index in [4.69, 9.17) is 11.6 Å². The minimum Gasteiger partial charge on any atom is -0.290 e. The molecule has 0 amide bonds. The van der Waals surface area contributed by atoms with Crippen LogP contribution < -0.4 is 5.69 Å². The summed E-state index contributed by atoms with van der Waals surface area (Å²) in [4.78, 5) is 23.7. The van der Waals surface area contributed by atoms with Gasteiger partial charge in [0.2, 0.25) is 0 Å². The molecule has 2 aromatic carbocycles. The average Bonchev–Trinajstić information content (AvgIpc) is 2.78. The summed E-state index contributed by atoms with van der Waals surface area (Å²) in [6.45, 7) is 9.56. The summed E-state index contributed by atoms with van der Waals surface area (Å²) in [6, 6.07) is 15.6. The molecule has 1 heterocycles. The molecule has 33 heavy (non-hydrogen) atoms. The molecule has 4 nitrogen and oxygen atoms in total. The van der Waals surface area contributed by atoms with Crippen LogP contribution in [0.5, 0.6) is 0 Å². The van der Waals surface area contributed by atoms with Crippen molar-refractivity contribution in [1.29, 1.82) is 0 Å². The van der Waals surface area contributed by atoms with Crippen LogP contribution in [0.3, 0.4) is 0 Å². The van der Waals surface area contributed by atoms with E-state index in [1.54, 1.807) is 0 Å². The van der Waals surface area contributed by atoms with Crippen molar-refractivity contribution >= 4 is 11.6 Å². The number of aromatic nitrogens is 3. The number of halogens is 1. The molecule has 174 valence electrons. The number of rotatable bonds is 5. The monoisotopic (exact) mass is 463 g/mol. The highest BCUT2D eigenvalue weighted by molar-refractivity contribution is 6.33. The normalized spacial score (nSPS) is 21.2. The van der Waals surface area contributed by atoms with Crippen LogP contribution in [0.25, 0.3) is 22.8 Å². The molecule has 1 aliphatic carbocycles. The Balaban J connectivity index is 1.52. The van der Waals surface area contributed by atoms with Gasteiger partial charge in [-0.3, -0.25) is 4.98 Å². The van der Waals surface area contributed by atoms with Gasteiger partial charge in [-0.05, 0) is 73.0 Å². The van der Waals surface area contributed by atoms with E-state index in [0.29, 0.717) is 27.5 Å². The summed E-state index contributed by atoms with van der Waals surface area (Å²) in [7, 11) is 0. The predicted octanol–water partition coefficient (Wildman–Crippen LogP) is 7.33. The van der Waals surface area contributed by atoms with Crippen molar-refractivity contribution < 1.29 is 0 Å². The SMILES string of the molecule is CC1(CCc2ccc(Cl)c(-c3nc(-c4ccccc4)nc(=O)[nH]3)c2)CCC(C(C)(C)C)CC1. The lowest BCUT2D eigenvalue weighted by molar-refractivity contribution is 0.0937. The molecular formula is C28H34ClN3O. The fourth-order valence-electron chi connectivity index (χ4n) is 5.01. The molecule has 5 heteroatoms. The summed E-state index contributed by atoms with van der Waals surface area (Å²) in [5, 5.41) is 0.573. The third kappa shape index (κ3) is 5.73. The molecule has 0 bridgehead atoms. The molecule has 0 radical (unpaired) electrons. The molecule has 1 aliphatic rings. The first kappa shape index (κ1) is 23.7. The van der Waals surface area contributed by atoms with Gasteiger partial charge in [0.1, 0.15) is 5.82 Å². The van der Waals surface area contributed by atoms with Gasteiger partial charge in [-0.15, -0.1) is 0 Å². The van der Waals surface area contributed by atoms with Crippen LogP contribution in [-0.2, 0) is 6.42 Å². The molecule has 3 aromatic rings. The van der Waals surface area contributed by atoms with Crippen molar-refractivity contribution in [3.05, 3.63) is 69.6 Å². The van der Waals surface area contributed by atoms with E-state index in [1.807, 2.05) is 36.4 Å². The van der Waals surface area contributed by atoms with Crippen molar-refractivity contribution in [2.45, 2.75) is 66.2 Å². The maximum atomic E-state index is 12.3. The molecule has 0 saturated heterocycles. The maximum absolute atomic E-state index is 12.3. The van der Waals surface area contributed by atoms with Crippen LogP contribution >= 0.6 is 11.6 Å². The van der Waals surface area contributed by atoms with E-state index in [9.17, 15) is 4.79 Å². The maximum Gasteiger partial charge on any atom is 0.348 e. The molecule has 4 rings (SSSR count). The topological polar surface area (TPSA) is 58.6 Å². The minimum atomic E-state index is -0.427. The van der Waals surface area contributed by atoms with E-state index in [-0.39, 0.29) is 0 Å². The predicted molar refractivity (Wildman–Crippen MR) is 136 cm³/mol. The largest absolute Gasteiger partial charge is 0.348 e. The fraction of sp³-hybridized carbons (Fsp3) is 0.464. The van der Waals surface area contributed by atoms with Gasteiger partial charge in [0, 0.05) is 11.1 Å². The summed E-state index contributed by atoms with van der Waals surface area (Å²) in [6.07, 6.45) is 7.35. The van der Waals surface area contributed by atoms with Gasteiger partial charge in [-0.1, -0.05) is 75.7 Å². The number of benzene rings is 2. The van der Waals surface area contributed by atoms with Crippen LogP contribution in [0.2, 0.25) is 5.02 Å². The number of aromatic amines is 1. The second-order valence-electron chi connectivity index (χ2n) is 11.0. The van der Waals surface area contributed by atoms with Crippen LogP contribution in [0.4, 0.5) is 0 Å². The zero-order valence-electron chi connectivity index (χ0n) is 20.1. The van der Waals surface area contributed by atoms with Crippen molar-refractivity contribution in [3.63, 3.8) is 0 Å². The van der Waals surface area contributed by atoms with Crippen LogP contribution in [0, 0.1) is 16.7 Å². The molecule has 0 aliphatic heterocycles. The Kier molecular flexibility index (Phi) is 6.76.